The first-order valence-corrected chi connectivity index (χ1v) is 11.2. The Bertz CT molecular complexity index is 1250. The van der Waals surface area contributed by atoms with Gasteiger partial charge in [0.2, 0.25) is 0 Å². The van der Waals surface area contributed by atoms with Crippen molar-refractivity contribution in [1.82, 2.24) is 5.01 Å². The minimum atomic E-state index is -0.305. The van der Waals surface area contributed by atoms with Crippen molar-refractivity contribution < 1.29 is 13.6 Å². The zero-order valence-electron chi connectivity index (χ0n) is 18.9. The standard InChI is InChI=1S/C27H26N4O3/c1-30(19-20-9-3-2-4-10-20)23-12-6-5-11-21(23)28-18-27(32)31-24(26-14-8-16-34-26)17-22(29-31)25-13-7-15-33-25/h2-16,24,28H,17-19H2,1H3. The van der Waals surface area contributed by atoms with Crippen LogP contribution in [0.4, 0.5) is 11.4 Å². The topological polar surface area (TPSA) is 74.2 Å². The highest BCUT2D eigenvalue weighted by atomic mass is 16.3. The summed E-state index contributed by atoms with van der Waals surface area (Å²) < 4.78 is 11.1. The third-order valence-electron chi connectivity index (χ3n) is 5.85. The van der Waals surface area contributed by atoms with Gasteiger partial charge in [-0.15, -0.1) is 0 Å². The van der Waals surface area contributed by atoms with Crippen LogP contribution < -0.4 is 10.2 Å². The number of hydrogen-bond acceptors (Lipinski definition) is 6. The highest BCUT2D eigenvalue weighted by Crippen LogP contribution is 2.33. The van der Waals surface area contributed by atoms with Gasteiger partial charge in [-0.05, 0) is 42.0 Å². The van der Waals surface area contributed by atoms with Gasteiger partial charge in [0, 0.05) is 20.0 Å². The van der Waals surface area contributed by atoms with Crippen LogP contribution in [-0.4, -0.2) is 30.2 Å². The molecule has 5 rings (SSSR count). The van der Waals surface area contributed by atoms with Crippen LogP contribution in [0.25, 0.3) is 0 Å². The number of hydrogen-bond donors (Lipinski definition) is 1. The lowest BCUT2D eigenvalue weighted by Crippen LogP contribution is -2.32. The van der Waals surface area contributed by atoms with Crippen LogP contribution in [0.5, 0.6) is 0 Å². The van der Waals surface area contributed by atoms with E-state index in [1.807, 2.05) is 73.8 Å². The number of hydrazone groups is 1. The number of carbonyl (C=O) groups excluding carboxylic acids is 1. The molecule has 0 aliphatic carbocycles. The van der Waals surface area contributed by atoms with E-state index < -0.39 is 0 Å². The molecule has 7 nitrogen and oxygen atoms in total. The summed E-state index contributed by atoms with van der Waals surface area (Å²) in [6, 6.07) is 25.3. The van der Waals surface area contributed by atoms with E-state index in [1.165, 1.54) is 10.6 Å². The molecule has 1 aliphatic rings. The molecule has 172 valence electrons. The molecule has 0 fully saturated rings. The number of rotatable bonds is 8. The Kier molecular flexibility index (Phi) is 6.16. The van der Waals surface area contributed by atoms with Gasteiger partial charge in [-0.2, -0.15) is 5.10 Å². The second kappa shape index (κ2) is 9.70. The fraction of sp³-hybridized carbons (Fsp3) is 0.185. The normalized spacial score (nSPS) is 15.3. The maximum Gasteiger partial charge on any atom is 0.262 e. The lowest BCUT2D eigenvalue weighted by atomic mass is 10.1. The molecule has 2 aromatic carbocycles. The van der Waals surface area contributed by atoms with Gasteiger partial charge in [0.25, 0.3) is 5.91 Å². The van der Waals surface area contributed by atoms with Crippen LogP contribution in [-0.2, 0) is 11.3 Å². The Balaban J connectivity index is 1.31. The van der Waals surface area contributed by atoms with Gasteiger partial charge in [0.15, 0.2) is 0 Å². The van der Waals surface area contributed by atoms with E-state index in [-0.39, 0.29) is 18.5 Å². The van der Waals surface area contributed by atoms with Crippen LogP contribution in [0, 0.1) is 0 Å². The predicted molar refractivity (Wildman–Crippen MR) is 132 cm³/mol. The van der Waals surface area contributed by atoms with Crippen molar-refractivity contribution in [1.29, 1.82) is 0 Å². The van der Waals surface area contributed by atoms with Gasteiger partial charge in [-0.3, -0.25) is 4.79 Å². The van der Waals surface area contributed by atoms with E-state index in [0.29, 0.717) is 17.9 Å². The molecule has 34 heavy (non-hydrogen) atoms. The molecular formula is C27H26N4O3. The zero-order chi connectivity index (χ0) is 23.3. The molecule has 7 heteroatoms. The third-order valence-corrected chi connectivity index (χ3v) is 5.85. The maximum absolute atomic E-state index is 13.3. The maximum atomic E-state index is 13.3. The van der Waals surface area contributed by atoms with Gasteiger partial charge < -0.3 is 19.1 Å². The van der Waals surface area contributed by atoms with Crippen LogP contribution in [0.1, 0.15) is 29.5 Å². The van der Waals surface area contributed by atoms with Crippen LogP contribution >= 0.6 is 0 Å². The van der Waals surface area contributed by atoms with Gasteiger partial charge in [0.05, 0.1) is 30.4 Å². The molecule has 1 N–H and O–H groups in total. The lowest BCUT2D eigenvalue weighted by Gasteiger charge is -2.24. The second-order valence-corrected chi connectivity index (χ2v) is 8.21. The van der Waals surface area contributed by atoms with E-state index in [1.54, 1.807) is 12.5 Å². The average Bonchev–Trinajstić information content (AvgIpc) is 3.64. The van der Waals surface area contributed by atoms with Crippen LogP contribution in [0.15, 0.2) is 105 Å². The van der Waals surface area contributed by atoms with Crippen molar-refractivity contribution in [3.8, 4) is 0 Å². The minimum absolute atomic E-state index is 0.0995. The molecule has 3 heterocycles. The Labute approximate surface area is 198 Å². The van der Waals surface area contributed by atoms with E-state index >= 15 is 0 Å². The van der Waals surface area contributed by atoms with E-state index in [9.17, 15) is 4.79 Å². The molecule has 0 bridgehead atoms. The molecule has 1 aliphatic heterocycles. The summed E-state index contributed by atoms with van der Waals surface area (Å²) in [5.74, 6) is 1.21. The molecule has 1 atom stereocenters. The summed E-state index contributed by atoms with van der Waals surface area (Å²) in [4.78, 5) is 15.4. The van der Waals surface area contributed by atoms with Gasteiger partial charge >= 0.3 is 0 Å². The van der Waals surface area contributed by atoms with E-state index in [4.69, 9.17) is 8.83 Å². The fourth-order valence-corrected chi connectivity index (χ4v) is 4.18. The smallest absolute Gasteiger partial charge is 0.262 e. The molecule has 2 aromatic heterocycles. The number of furan rings is 2. The molecule has 1 unspecified atom stereocenters. The average molecular weight is 455 g/mol. The number of amides is 1. The monoisotopic (exact) mass is 454 g/mol. The van der Waals surface area contributed by atoms with Gasteiger partial charge in [-0.25, -0.2) is 5.01 Å². The minimum Gasteiger partial charge on any atom is -0.467 e. The van der Waals surface area contributed by atoms with Crippen LogP contribution in [0.2, 0.25) is 0 Å². The van der Waals surface area contributed by atoms with Crippen molar-refractivity contribution in [2.45, 2.75) is 19.0 Å². The summed E-state index contributed by atoms with van der Waals surface area (Å²) in [5, 5.41) is 9.41. The Morgan fingerprint density at radius 3 is 2.53 bits per heavy atom. The number of carbonyl (C=O) groups is 1. The number of nitrogens with zero attached hydrogens (tertiary/aromatic N) is 3. The van der Waals surface area contributed by atoms with Crippen LogP contribution in [0.3, 0.4) is 0 Å². The molecular weight excluding hydrogens is 428 g/mol. The lowest BCUT2D eigenvalue weighted by molar-refractivity contribution is -0.131. The van der Waals surface area contributed by atoms with E-state index in [0.717, 1.165) is 23.6 Å². The summed E-state index contributed by atoms with van der Waals surface area (Å²) in [6.07, 6.45) is 3.75. The number of para-hydroxylation sites is 2. The Morgan fingerprint density at radius 2 is 1.76 bits per heavy atom. The van der Waals surface area contributed by atoms with Crippen molar-refractivity contribution in [3.63, 3.8) is 0 Å². The third kappa shape index (κ3) is 4.59. The van der Waals surface area contributed by atoms with Crippen molar-refractivity contribution >= 4 is 23.0 Å². The number of anilines is 2. The number of benzene rings is 2. The molecule has 0 saturated carbocycles. The zero-order valence-corrected chi connectivity index (χ0v) is 18.9. The SMILES string of the molecule is CN(Cc1ccccc1)c1ccccc1NCC(=O)N1N=C(c2ccco2)CC1c1ccco1. The molecule has 4 aromatic rings. The highest BCUT2D eigenvalue weighted by molar-refractivity contribution is 6.01. The largest absolute Gasteiger partial charge is 0.467 e. The number of nitrogens with one attached hydrogen (secondary N) is 1. The first-order chi connectivity index (χ1) is 16.7. The summed E-state index contributed by atoms with van der Waals surface area (Å²) in [7, 11) is 2.04. The first kappa shape index (κ1) is 21.6. The van der Waals surface area contributed by atoms with Crippen molar-refractivity contribution in [2.24, 2.45) is 5.10 Å². The first-order valence-electron chi connectivity index (χ1n) is 11.2. The predicted octanol–water partition coefficient (Wildman–Crippen LogP) is 5.30. The Morgan fingerprint density at radius 1 is 1.00 bits per heavy atom. The summed E-state index contributed by atoms with van der Waals surface area (Å²) >= 11 is 0. The molecule has 1 amide bonds. The molecule has 0 spiro atoms. The van der Waals surface area contributed by atoms with Crippen molar-refractivity contribution in [2.75, 3.05) is 23.8 Å². The highest BCUT2D eigenvalue weighted by Gasteiger charge is 2.35. The fourth-order valence-electron chi connectivity index (χ4n) is 4.18. The van der Waals surface area contributed by atoms with Gasteiger partial charge in [0.1, 0.15) is 23.3 Å². The van der Waals surface area contributed by atoms with Gasteiger partial charge in [-0.1, -0.05) is 42.5 Å². The van der Waals surface area contributed by atoms with Crippen molar-refractivity contribution in [3.05, 3.63) is 108 Å². The summed E-state index contributed by atoms with van der Waals surface area (Å²) in [5.41, 5.74) is 3.85. The molecule has 0 radical (unpaired) electrons. The molecule has 0 saturated heterocycles. The Hall–Kier alpha value is -4.26. The second-order valence-electron chi connectivity index (χ2n) is 8.21. The summed E-state index contributed by atoms with van der Waals surface area (Å²) in [6.45, 7) is 0.860. The van der Waals surface area contributed by atoms with E-state index in [2.05, 4.69) is 27.5 Å². The quantitative estimate of drug-likeness (QED) is 0.391.